The van der Waals surface area contributed by atoms with Crippen LogP contribution in [-0.2, 0) is 4.74 Å². The van der Waals surface area contributed by atoms with Crippen molar-refractivity contribution in [1.29, 1.82) is 0 Å². The van der Waals surface area contributed by atoms with Gasteiger partial charge < -0.3 is 10.1 Å². The van der Waals surface area contributed by atoms with E-state index in [1.54, 1.807) is 0 Å². The molecular weight excluding hydrogens is 222 g/mol. The van der Waals surface area contributed by atoms with Crippen LogP contribution in [0.25, 0.3) is 0 Å². The molecule has 1 aliphatic rings. The Morgan fingerprint density at radius 2 is 1.78 bits per heavy atom. The van der Waals surface area contributed by atoms with E-state index >= 15 is 0 Å². The van der Waals surface area contributed by atoms with Gasteiger partial charge in [0.15, 0.2) is 0 Å². The molecule has 0 amide bonds. The largest absolute Gasteiger partial charge is 0.373 e. The summed E-state index contributed by atoms with van der Waals surface area (Å²) in [6.07, 6.45) is 5.04. The molecule has 0 bridgehead atoms. The average Bonchev–Trinajstić information content (AvgIpc) is 2.26. The lowest BCUT2D eigenvalue weighted by Gasteiger charge is -2.41. The third-order valence-corrected chi connectivity index (χ3v) is 3.85. The second kappa shape index (κ2) is 6.38. The predicted octanol–water partition coefficient (Wildman–Crippen LogP) is 4.00. The van der Waals surface area contributed by atoms with Crippen LogP contribution in [0.1, 0.15) is 67.2 Å². The maximum atomic E-state index is 6.31. The molecule has 0 aliphatic heterocycles. The van der Waals surface area contributed by atoms with E-state index in [9.17, 15) is 0 Å². The zero-order valence-electron chi connectivity index (χ0n) is 13.3. The highest BCUT2D eigenvalue weighted by Gasteiger charge is 2.35. The molecule has 0 radical (unpaired) electrons. The van der Waals surface area contributed by atoms with Crippen molar-refractivity contribution in [3.63, 3.8) is 0 Å². The molecule has 1 N–H and O–H groups in total. The summed E-state index contributed by atoms with van der Waals surface area (Å²) in [6, 6.07) is 0. The van der Waals surface area contributed by atoms with Gasteiger partial charge in [-0.05, 0) is 58.3 Å². The number of rotatable bonds is 5. The summed E-state index contributed by atoms with van der Waals surface area (Å²) in [5.74, 6) is 1.49. The fourth-order valence-corrected chi connectivity index (χ4v) is 2.43. The molecule has 18 heavy (non-hydrogen) atoms. The van der Waals surface area contributed by atoms with Gasteiger partial charge in [0.05, 0.1) is 5.60 Å². The zero-order valence-corrected chi connectivity index (χ0v) is 13.3. The molecule has 1 rings (SSSR count). The van der Waals surface area contributed by atoms with Crippen LogP contribution in [0.2, 0.25) is 0 Å². The third-order valence-electron chi connectivity index (χ3n) is 3.85. The maximum Gasteiger partial charge on any atom is 0.0806 e. The van der Waals surface area contributed by atoms with Crippen molar-refractivity contribution in [1.82, 2.24) is 5.32 Å². The van der Waals surface area contributed by atoms with Crippen molar-refractivity contribution >= 4 is 0 Å². The second-order valence-corrected chi connectivity index (χ2v) is 7.67. The van der Waals surface area contributed by atoms with Crippen LogP contribution in [0.15, 0.2) is 0 Å². The molecule has 0 spiro atoms. The summed E-state index contributed by atoms with van der Waals surface area (Å²) in [6.45, 7) is 15.4. The lowest BCUT2D eigenvalue weighted by atomic mass is 9.79. The van der Waals surface area contributed by atoms with Crippen molar-refractivity contribution in [2.24, 2.45) is 11.8 Å². The summed E-state index contributed by atoms with van der Waals surface area (Å²) in [5.41, 5.74) is 0.265. The monoisotopic (exact) mass is 255 g/mol. The van der Waals surface area contributed by atoms with E-state index < -0.39 is 0 Å². The standard InChI is InChI=1S/C16H33NO/c1-13(2)11-18-16(12-17-15(4,5)6)9-7-14(3)8-10-16/h13-14,17H,7-12H2,1-6H3. The first-order chi connectivity index (χ1) is 8.22. The Labute approximate surface area is 114 Å². The Hall–Kier alpha value is -0.0800. The molecule has 108 valence electrons. The number of ether oxygens (including phenoxy) is 1. The van der Waals surface area contributed by atoms with Crippen LogP contribution in [0.4, 0.5) is 0 Å². The number of hydrogen-bond acceptors (Lipinski definition) is 2. The Kier molecular flexibility index (Phi) is 5.67. The van der Waals surface area contributed by atoms with Gasteiger partial charge in [-0.15, -0.1) is 0 Å². The lowest BCUT2D eigenvalue weighted by molar-refractivity contribution is -0.0869. The molecule has 1 fully saturated rings. The van der Waals surface area contributed by atoms with Gasteiger partial charge in [0.2, 0.25) is 0 Å². The van der Waals surface area contributed by atoms with Crippen molar-refractivity contribution in [3.8, 4) is 0 Å². The first-order valence-electron chi connectivity index (χ1n) is 7.61. The molecule has 1 aliphatic carbocycles. The van der Waals surface area contributed by atoms with Crippen LogP contribution in [0.5, 0.6) is 0 Å². The third kappa shape index (κ3) is 5.71. The fraction of sp³-hybridized carbons (Fsp3) is 1.00. The maximum absolute atomic E-state index is 6.31. The smallest absolute Gasteiger partial charge is 0.0806 e. The van der Waals surface area contributed by atoms with Crippen LogP contribution in [-0.4, -0.2) is 24.3 Å². The van der Waals surface area contributed by atoms with Crippen molar-refractivity contribution in [3.05, 3.63) is 0 Å². The fourth-order valence-electron chi connectivity index (χ4n) is 2.43. The summed E-state index contributed by atoms with van der Waals surface area (Å²) in [4.78, 5) is 0. The van der Waals surface area contributed by atoms with E-state index in [2.05, 4.69) is 46.9 Å². The van der Waals surface area contributed by atoms with Crippen LogP contribution < -0.4 is 5.32 Å². The van der Waals surface area contributed by atoms with Crippen molar-refractivity contribution in [2.75, 3.05) is 13.2 Å². The van der Waals surface area contributed by atoms with Crippen molar-refractivity contribution < 1.29 is 4.74 Å². The quantitative estimate of drug-likeness (QED) is 0.802. The molecule has 2 nitrogen and oxygen atoms in total. The van der Waals surface area contributed by atoms with E-state index in [1.165, 1.54) is 25.7 Å². The van der Waals surface area contributed by atoms with E-state index in [-0.39, 0.29) is 11.1 Å². The van der Waals surface area contributed by atoms with Crippen LogP contribution in [0, 0.1) is 11.8 Å². The summed E-state index contributed by atoms with van der Waals surface area (Å²) in [7, 11) is 0. The van der Waals surface area contributed by atoms with E-state index in [4.69, 9.17) is 4.74 Å². The van der Waals surface area contributed by atoms with E-state index in [1.807, 2.05) is 0 Å². The van der Waals surface area contributed by atoms with Crippen LogP contribution >= 0.6 is 0 Å². The second-order valence-electron chi connectivity index (χ2n) is 7.67. The molecule has 0 heterocycles. The van der Waals surface area contributed by atoms with Gasteiger partial charge in [-0.1, -0.05) is 20.8 Å². The Bertz CT molecular complexity index is 234. The summed E-state index contributed by atoms with van der Waals surface area (Å²) >= 11 is 0. The van der Waals surface area contributed by atoms with Crippen molar-refractivity contribution in [2.45, 2.75) is 78.4 Å². The first kappa shape index (κ1) is 16.0. The average molecular weight is 255 g/mol. The molecule has 0 unspecified atom stereocenters. The minimum atomic E-state index is 0.0874. The lowest BCUT2D eigenvalue weighted by Crippen LogP contribution is -2.51. The van der Waals surface area contributed by atoms with E-state index in [0.29, 0.717) is 5.92 Å². The molecule has 0 aromatic heterocycles. The number of hydrogen-bond donors (Lipinski definition) is 1. The highest BCUT2D eigenvalue weighted by Crippen LogP contribution is 2.35. The Morgan fingerprint density at radius 3 is 2.22 bits per heavy atom. The molecule has 0 atom stereocenters. The Balaban J connectivity index is 2.56. The highest BCUT2D eigenvalue weighted by atomic mass is 16.5. The molecule has 0 aromatic rings. The molecule has 0 saturated heterocycles. The Morgan fingerprint density at radius 1 is 1.22 bits per heavy atom. The topological polar surface area (TPSA) is 21.3 Å². The normalized spacial score (nSPS) is 29.8. The van der Waals surface area contributed by atoms with Gasteiger partial charge in [0.1, 0.15) is 0 Å². The SMILES string of the molecule is CC(C)COC1(CNC(C)(C)C)CCC(C)CC1. The van der Waals surface area contributed by atoms with Gasteiger partial charge in [0, 0.05) is 18.7 Å². The van der Waals surface area contributed by atoms with Gasteiger partial charge in [-0.25, -0.2) is 0 Å². The molecule has 1 saturated carbocycles. The highest BCUT2D eigenvalue weighted by molar-refractivity contribution is 4.90. The summed E-state index contributed by atoms with van der Waals surface area (Å²) in [5, 5.41) is 3.65. The first-order valence-corrected chi connectivity index (χ1v) is 7.61. The van der Waals surface area contributed by atoms with Gasteiger partial charge in [0.25, 0.3) is 0 Å². The summed E-state index contributed by atoms with van der Waals surface area (Å²) < 4.78 is 6.31. The number of nitrogens with one attached hydrogen (secondary N) is 1. The minimum absolute atomic E-state index is 0.0874. The van der Waals surface area contributed by atoms with Gasteiger partial charge >= 0.3 is 0 Å². The minimum Gasteiger partial charge on any atom is -0.373 e. The molecule has 2 heteroatoms. The molecule has 0 aromatic carbocycles. The zero-order chi connectivity index (χ0) is 13.8. The van der Waals surface area contributed by atoms with Crippen LogP contribution in [0.3, 0.4) is 0 Å². The molecular formula is C16H33NO. The van der Waals surface area contributed by atoms with Gasteiger partial charge in [-0.2, -0.15) is 0 Å². The van der Waals surface area contributed by atoms with Gasteiger partial charge in [-0.3, -0.25) is 0 Å². The predicted molar refractivity (Wildman–Crippen MR) is 78.9 cm³/mol. The van der Waals surface area contributed by atoms with E-state index in [0.717, 1.165) is 19.1 Å².